The van der Waals surface area contributed by atoms with E-state index in [1.54, 1.807) is 42.9 Å². The summed E-state index contributed by atoms with van der Waals surface area (Å²) < 4.78 is 17.8. The largest absolute Gasteiger partial charge is 0.331 e. The van der Waals surface area contributed by atoms with Crippen LogP contribution in [0.25, 0.3) is 11.5 Å². The molecule has 0 saturated carbocycles. The van der Waals surface area contributed by atoms with E-state index in [-0.39, 0.29) is 17.5 Å². The molecule has 1 aliphatic heterocycles. The Bertz CT molecular complexity index is 1360. The lowest BCUT2D eigenvalue weighted by Gasteiger charge is -2.52. The number of imidazole rings is 1. The van der Waals surface area contributed by atoms with Crippen LogP contribution in [0.3, 0.4) is 0 Å². The standard InChI is InChI=1S/C25H24FN5O/c1-15-10-19(11-16(2)23(15)26)31-24(29-9-8-27-25(29)32)22-20(28-31)12-18-13-21(22)30(18)14-17-6-4-3-5-7-17/h3-11,18,21H,12-14H2,1-2H3,(H,27,32). The lowest BCUT2D eigenvalue weighted by Crippen LogP contribution is -2.54. The summed E-state index contributed by atoms with van der Waals surface area (Å²) in [5, 5.41) is 4.95. The molecule has 6 rings (SSSR count). The highest BCUT2D eigenvalue weighted by molar-refractivity contribution is 5.52. The lowest BCUT2D eigenvalue weighted by atomic mass is 9.77. The van der Waals surface area contributed by atoms with Gasteiger partial charge in [0.25, 0.3) is 0 Å². The normalized spacial score (nSPS) is 19.6. The fourth-order valence-corrected chi connectivity index (χ4v) is 5.29. The first kappa shape index (κ1) is 19.3. The molecule has 2 unspecified atom stereocenters. The van der Waals surface area contributed by atoms with Gasteiger partial charge in [-0.1, -0.05) is 30.3 Å². The van der Waals surface area contributed by atoms with Crippen molar-refractivity contribution in [3.63, 3.8) is 0 Å². The average Bonchev–Trinajstić information content (AvgIpc) is 3.38. The molecule has 2 bridgehead atoms. The molecular formula is C25H24FN5O. The van der Waals surface area contributed by atoms with Crippen LogP contribution in [0.5, 0.6) is 0 Å². The first-order valence-electron chi connectivity index (χ1n) is 11.0. The van der Waals surface area contributed by atoms with Crippen molar-refractivity contribution in [3.05, 3.63) is 99.1 Å². The molecule has 2 aromatic heterocycles. The Morgan fingerprint density at radius 1 is 1.16 bits per heavy atom. The number of aromatic nitrogens is 4. The quantitative estimate of drug-likeness (QED) is 0.534. The molecule has 162 valence electrons. The molecule has 0 radical (unpaired) electrons. The van der Waals surface area contributed by atoms with Gasteiger partial charge in [0.1, 0.15) is 11.6 Å². The van der Waals surface area contributed by atoms with Crippen molar-refractivity contribution < 1.29 is 4.39 Å². The van der Waals surface area contributed by atoms with Gasteiger partial charge in [0.05, 0.1) is 11.4 Å². The minimum absolute atomic E-state index is 0.206. The Balaban J connectivity index is 1.51. The monoisotopic (exact) mass is 429 g/mol. The van der Waals surface area contributed by atoms with Gasteiger partial charge >= 0.3 is 5.69 Å². The van der Waals surface area contributed by atoms with Crippen molar-refractivity contribution >= 4 is 0 Å². The number of halogens is 1. The van der Waals surface area contributed by atoms with Crippen LogP contribution < -0.4 is 5.69 Å². The number of likely N-dealkylation sites (tertiary alicyclic amines) is 1. The van der Waals surface area contributed by atoms with Crippen LogP contribution in [-0.2, 0) is 13.0 Å². The lowest BCUT2D eigenvalue weighted by molar-refractivity contribution is -0.00848. The molecule has 3 heterocycles. The summed E-state index contributed by atoms with van der Waals surface area (Å²) in [5.41, 5.74) is 5.10. The van der Waals surface area contributed by atoms with Crippen molar-refractivity contribution in [2.75, 3.05) is 0 Å². The number of hydrogen-bond donors (Lipinski definition) is 1. The summed E-state index contributed by atoms with van der Waals surface area (Å²) in [5.74, 6) is 0.542. The second-order valence-electron chi connectivity index (χ2n) is 8.89. The molecule has 2 atom stereocenters. The van der Waals surface area contributed by atoms with Crippen LogP contribution >= 0.6 is 0 Å². The predicted molar refractivity (Wildman–Crippen MR) is 120 cm³/mol. The summed E-state index contributed by atoms with van der Waals surface area (Å²) in [6, 6.07) is 14.7. The highest BCUT2D eigenvalue weighted by Gasteiger charge is 2.48. The Morgan fingerprint density at radius 2 is 1.91 bits per heavy atom. The maximum atomic E-state index is 14.3. The maximum absolute atomic E-state index is 14.3. The summed E-state index contributed by atoms with van der Waals surface area (Å²) in [6.45, 7) is 4.39. The highest BCUT2D eigenvalue weighted by atomic mass is 19.1. The molecule has 6 nitrogen and oxygen atoms in total. The Morgan fingerprint density at radius 3 is 2.59 bits per heavy atom. The Labute approximate surface area is 184 Å². The predicted octanol–water partition coefficient (Wildman–Crippen LogP) is 3.98. The van der Waals surface area contributed by atoms with E-state index >= 15 is 0 Å². The van der Waals surface area contributed by atoms with Crippen LogP contribution in [0.15, 0.2) is 59.7 Å². The molecule has 32 heavy (non-hydrogen) atoms. The number of benzene rings is 2. The smallest absolute Gasteiger partial charge is 0.312 e. The molecule has 7 heteroatoms. The van der Waals surface area contributed by atoms with Crippen LogP contribution in [0.1, 0.15) is 40.4 Å². The van der Waals surface area contributed by atoms with Crippen LogP contribution in [-0.4, -0.2) is 30.3 Å². The molecule has 2 aromatic carbocycles. The van der Waals surface area contributed by atoms with Crippen molar-refractivity contribution in [2.24, 2.45) is 0 Å². The molecule has 1 fully saturated rings. The van der Waals surface area contributed by atoms with E-state index in [0.29, 0.717) is 17.2 Å². The molecule has 2 aliphatic rings. The zero-order valence-electron chi connectivity index (χ0n) is 18.0. The first-order chi connectivity index (χ1) is 15.5. The number of nitrogens with one attached hydrogen (secondary N) is 1. The number of nitrogens with zero attached hydrogens (tertiary/aromatic N) is 4. The third-order valence-electron chi connectivity index (χ3n) is 6.85. The van der Waals surface area contributed by atoms with Gasteiger partial charge in [0.2, 0.25) is 0 Å². The zero-order chi connectivity index (χ0) is 22.0. The third kappa shape index (κ3) is 2.81. The maximum Gasteiger partial charge on any atom is 0.331 e. The average molecular weight is 429 g/mol. The van der Waals surface area contributed by atoms with Crippen LogP contribution in [0.2, 0.25) is 0 Å². The van der Waals surface area contributed by atoms with E-state index in [1.165, 1.54) is 5.56 Å². The van der Waals surface area contributed by atoms with E-state index < -0.39 is 0 Å². The van der Waals surface area contributed by atoms with Crippen LogP contribution in [0, 0.1) is 19.7 Å². The minimum Gasteiger partial charge on any atom is -0.312 e. The van der Waals surface area contributed by atoms with E-state index in [4.69, 9.17) is 5.10 Å². The van der Waals surface area contributed by atoms with E-state index in [9.17, 15) is 9.18 Å². The summed E-state index contributed by atoms with van der Waals surface area (Å²) in [6.07, 6.45) is 5.28. The summed E-state index contributed by atoms with van der Waals surface area (Å²) >= 11 is 0. The Kier molecular flexibility index (Phi) is 4.23. The van der Waals surface area contributed by atoms with E-state index in [0.717, 1.165) is 42.1 Å². The highest BCUT2D eigenvalue weighted by Crippen LogP contribution is 2.49. The van der Waals surface area contributed by atoms with Crippen molar-refractivity contribution in [3.8, 4) is 11.5 Å². The summed E-state index contributed by atoms with van der Waals surface area (Å²) in [4.78, 5) is 17.9. The molecule has 1 N–H and O–H groups in total. The Hall–Kier alpha value is -3.45. The van der Waals surface area contributed by atoms with Crippen molar-refractivity contribution in [2.45, 2.75) is 45.3 Å². The fraction of sp³-hybridized carbons (Fsp3) is 0.280. The zero-order valence-corrected chi connectivity index (χ0v) is 18.0. The number of rotatable bonds is 4. The van der Waals surface area contributed by atoms with Gasteiger partial charge in [0, 0.05) is 43.0 Å². The van der Waals surface area contributed by atoms with Gasteiger partial charge < -0.3 is 4.98 Å². The van der Waals surface area contributed by atoms with Crippen molar-refractivity contribution in [1.82, 2.24) is 24.2 Å². The number of fused-ring (bicyclic) bond motifs is 4. The van der Waals surface area contributed by atoms with Gasteiger partial charge in [-0.15, -0.1) is 0 Å². The fourth-order valence-electron chi connectivity index (χ4n) is 5.29. The van der Waals surface area contributed by atoms with Crippen LogP contribution in [0.4, 0.5) is 4.39 Å². The second-order valence-corrected chi connectivity index (χ2v) is 8.89. The number of aromatic amines is 1. The molecular weight excluding hydrogens is 405 g/mol. The van der Waals surface area contributed by atoms with E-state index in [2.05, 4.69) is 34.1 Å². The van der Waals surface area contributed by atoms with Gasteiger partial charge in [-0.2, -0.15) is 5.10 Å². The number of aryl methyl sites for hydroxylation is 2. The van der Waals surface area contributed by atoms with Gasteiger partial charge in [-0.3, -0.25) is 9.47 Å². The van der Waals surface area contributed by atoms with Gasteiger partial charge in [-0.05, 0) is 49.1 Å². The van der Waals surface area contributed by atoms with Gasteiger partial charge in [-0.25, -0.2) is 13.9 Å². The van der Waals surface area contributed by atoms with Gasteiger partial charge in [0.15, 0.2) is 0 Å². The second kappa shape index (κ2) is 7.03. The molecule has 4 aromatic rings. The minimum atomic E-state index is -0.208. The third-order valence-corrected chi connectivity index (χ3v) is 6.85. The molecule has 0 spiro atoms. The first-order valence-corrected chi connectivity index (χ1v) is 11.0. The molecule has 1 saturated heterocycles. The van der Waals surface area contributed by atoms with E-state index in [1.807, 2.05) is 10.7 Å². The SMILES string of the molecule is Cc1cc(-n2nc3c(c2-n2cc[nH]c2=O)C2CC(C3)N2Cc2ccccc2)cc(C)c1F. The summed E-state index contributed by atoms with van der Waals surface area (Å²) in [7, 11) is 0. The van der Waals surface area contributed by atoms with Crippen molar-refractivity contribution in [1.29, 1.82) is 0 Å². The molecule has 0 amide bonds. The number of H-pyrrole nitrogens is 1. The topological polar surface area (TPSA) is 58.9 Å². The number of hydrogen-bond acceptors (Lipinski definition) is 3. The molecule has 1 aliphatic carbocycles.